The van der Waals surface area contributed by atoms with Gasteiger partial charge in [0.05, 0.1) is 11.3 Å². The zero-order valence-electron chi connectivity index (χ0n) is 18.0. The normalized spacial score (nSPS) is 14.9. The predicted molar refractivity (Wildman–Crippen MR) is 128 cm³/mol. The zero-order valence-corrected chi connectivity index (χ0v) is 19.7. The van der Waals surface area contributed by atoms with E-state index in [-0.39, 0.29) is 37.9 Å². The third kappa shape index (κ3) is 4.27. The summed E-state index contributed by atoms with van der Waals surface area (Å²) >= 11 is 1.18. The molecule has 3 heterocycles. The SMILES string of the molecule is O=C(c1cn(-c2ccccc2)nc1-c1ccc(F)cc1)N1CCN(S(=O)(=O)c2cccs2)CC1. The summed E-state index contributed by atoms with van der Waals surface area (Å²) in [5.74, 6) is -0.614. The molecule has 0 spiro atoms. The molecule has 4 aromatic rings. The van der Waals surface area contributed by atoms with Crippen LogP contribution in [0.4, 0.5) is 4.39 Å². The van der Waals surface area contributed by atoms with Crippen LogP contribution in [-0.4, -0.2) is 59.5 Å². The van der Waals surface area contributed by atoms with Crippen molar-refractivity contribution in [2.45, 2.75) is 4.21 Å². The molecule has 0 unspecified atom stereocenters. The lowest BCUT2D eigenvalue weighted by Crippen LogP contribution is -2.50. The van der Waals surface area contributed by atoms with Crippen molar-refractivity contribution in [3.8, 4) is 16.9 Å². The summed E-state index contributed by atoms with van der Waals surface area (Å²) in [6.07, 6.45) is 1.67. The van der Waals surface area contributed by atoms with Gasteiger partial charge in [0.15, 0.2) is 0 Å². The van der Waals surface area contributed by atoms with Crippen LogP contribution in [0, 0.1) is 5.82 Å². The Morgan fingerprint density at radius 1 is 0.912 bits per heavy atom. The summed E-state index contributed by atoms with van der Waals surface area (Å²) in [4.78, 5) is 15.2. The largest absolute Gasteiger partial charge is 0.336 e. The van der Waals surface area contributed by atoms with Crippen molar-refractivity contribution in [2.24, 2.45) is 0 Å². The number of amides is 1. The molecule has 0 saturated carbocycles. The van der Waals surface area contributed by atoms with Crippen molar-refractivity contribution >= 4 is 27.3 Å². The standard InChI is InChI=1S/C24H21FN4O3S2/c25-19-10-8-18(9-11-19)23-21(17-29(26-23)20-5-2-1-3-6-20)24(30)27-12-14-28(15-13-27)34(31,32)22-7-4-16-33-22/h1-11,16-17H,12-15H2. The van der Waals surface area contributed by atoms with E-state index in [0.717, 1.165) is 5.69 Å². The monoisotopic (exact) mass is 496 g/mol. The average molecular weight is 497 g/mol. The number of carbonyl (C=O) groups excluding carboxylic acids is 1. The van der Waals surface area contributed by atoms with E-state index in [0.29, 0.717) is 21.0 Å². The fraction of sp³-hybridized carbons (Fsp3) is 0.167. The Hall–Kier alpha value is -3.34. The number of hydrogen-bond acceptors (Lipinski definition) is 5. The number of para-hydroxylation sites is 1. The van der Waals surface area contributed by atoms with E-state index in [4.69, 9.17) is 0 Å². The Balaban J connectivity index is 1.42. The Morgan fingerprint density at radius 3 is 2.26 bits per heavy atom. The van der Waals surface area contributed by atoms with Gasteiger partial charge in [0.2, 0.25) is 0 Å². The first-order valence-electron chi connectivity index (χ1n) is 10.7. The molecule has 0 bridgehead atoms. The van der Waals surface area contributed by atoms with Crippen molar-refractivity contribution in [1.82, 2.24) is 19.0 Å². The van der Waals surface area contributed by atoms with Gasteiger partial charge in [-0.15, -0.1) is 11.3 Å². The van der Waals surface area contributed by atoms with Crippen LogP contribution in [0.3, 0.4) is 0 Å². The molecular formula is C24H21FN4O3S2. The van der Waals surface area contributed by atoms with Gasteiger partial charge in [-0.05, 0) is 47.8 Å². The van der Waals surface area contributed by atoms with Crippen LogP contribution in [0.2, 0.25) is 0 Å². The molecule has 1 fully saturated rings. The van der Waals surface area contributed by atoms with Crippen LogP contribution in [0.5, 0.6) is 0 Å². The molecule has 5 rings (SSSR count). The number of piperazine rings is 1. The molecule has 1 amide bonds. The Bertz CT molecular complexity index is 1390. The van der Waals surface area contributed by atoms with Gasteiger partial charge in [-0.1, -0.05) is 24.3 Å². The van der Waals surface area contributed by atoms with Gasteiger partial charge in [0.25, 0.3) is 15.9 Å². The molecule has 0 atom stereocenters. The number of thiophene rings is 1. The predicted octanol–water partition coefficient (Wildman–Crippen LogP) is 3.89. The highest BCUT2D eigenvalue weighted by Gasteiger charge is 2.32. The first-order chi connectivity index (χ1) is 16.4. The summed E-state index contributed by atoms with van der Waals surface area (Å²) in [5, 5.41) is 6.36. The second-order valence-electron chi connectivity index (χ2n) is 7.81. The van der Waals surface area contributed by atoms with Crippen LogP contribution >= 0.6 is 11.3 Å². The van der Waals surface area contributed by atoms with Crippen molar-refractivity contribution < 1.29 is 17.6 Å². The molecule has 2 aromatic carbocycles. The van der Waals surface area contributed by atoms with Crippen molar-refractivity contribution in [3.63, 3.8) is 0 Å². The minimum absolute atomic E-state index is 0.213. The van der Waals surface area contributed by atoms with E-state index in [1.807, 2.05) is 30.3 Å². The molecule has 1 aliphatic heterocycles. The van der Waals surface area contributed by atoms with Gasteiger partial charge in [-0.2, -0.15) is 9.40 Å². The van der Waals surface area contributed by atoms with E-state index in [1.165, 1.54) is 27.8 Å². The fourth-order valence-corrected chi connectivity index (χ4v) is 6.47. The molecule has 2 aromatic heterocycles. The van der Waals surface area contributed by atoms with Crippen molar-refractivity contribution in [2.75, 3.05) is 26.2 Å². The minimum atomic E-state index is -3.56. The first kappa shape index (κ1) is 22.5. The highest BCUT2D eigenvalue weighted by Crippen LogP contribution is 2.27. The lowest BCUT2D eigenvalue weighted by atomic mass is 10.1. The minimum Gasteiger partial charge on any atom is -0.336 e. The van der Waals surface area contributed by atoms with Gasteiger partial charge in [-0.25, -0.2) is 17.5 Å². The number of hydrogen-bond donors (Lipinski definition) is 0. The van der Waals surface area contributed by atoms with E-state index in [1.54, 1.807) is 45.4 Å². The summed E-state index contributed by atoms with van der Waals surface area (Å²) < 4.78 is 42.5. The maximum absolute atomic E-state index is 13.5. The van der Waals surface area contributed by atoms with E-state index < -0.39 is 10.0 Å². The summed E-state index contributed by atoms with van der Waals surface area (Å²) in [6, 6.07) is 18.6. The number of aromatic nitrogens is 2. The molecule has 1 saturated heterocycles. The molecule has 34 heavy (non-hydrogen) atoms. The van der Waals surface area contributed by atoms with Gasteiger partial charge in [0.1, 0.15) is 15.7 Å². The second kappa shape index (κ2) is 9.13. The molecule has 174 valence electrons. The van der Waals surface area contributed by atoms with Gasteiger partial charge in [0, 0.05) is 37.9 Å². The third-order valence-electron chi connectivity index (χ3n) is 5.70. The lowest BCUT2D eigenvalue weighted by molar-refractivity contribution is 0.0698. The summed E-state index contributed by atoms with van der Waals surface area (Å²) in [5.41, 5.74) is 2.24. The number of nitrogens with zero attached hydrogens (tertiary/aromatic N) is 4. The number of carbonyl (C=O) groups is 1. The molecule has 0 radical (unpaired) electrons. The first-order valence-corrected chi connectivity index (χ1v) is 13.0. The fourth-order valence-electron chi connectivity index (χ4n) is 3.90. The van der Waals surface area contributed by atoms with E-state index in [9.17, 15) is 17.6 Å². The van der Waals surface area contributed by atoms with E-state index >= 15 is 0 Å². The van der Waals surface area contributed by atoms with E-state index in [2.05, 4.69) is 5.10 Å². The van der Waals surface area contributed by atoms with Gasteiger partial charge < -0.3 is 4.90 Å². The molecule has 7 nitrogen and oxygen atoms in total. The number of rotatable bonds is 5. The van der Waals surface area contributed by atoms with Crippen LogP contribution < -0.4 is 0 Å². The smallest absolute Gasteiger partial charge is 0.257 e. The molecular weight excluding hydrogens is 475 g/mol. The second-order valence-corrected chi connectivity index (χ2v) is 10.9. The molecule has 0 aliphatic carbocycles. The van der Waals surface area contributed by atoms with Gasteiger partial charge >= 0.3 is 0 Å². The van der Waals surface area contributed by atoms with Crippen LogP contribution in [0.25, 0.3) is 16.9 Å². The summed E-state index contributed by atoms with van der Waals surface area (Å²) in [7, 11) is -3.56. The topological polar surface area (TPSA) is 75.5 Å². The Morgan fingerprint density at radius 2 is 1.62 bits per heavy atom. The Labute approximate surface area is 200 Å². The summed E-state index contributed by atoms with van der Waals surface area (Å²) in [6.45, 7) is 0.959. The van der Waals surface area contributed by atoms with Crippen LogP contribution in [-0.2, 0) is 10.0 Å². The third-order valence-corrected chi connectivity index (χ3v) is 8.97. The maximum Gasteiger partial charge on any atom is 0.257 e. The quantitative estimate of drug-likeness (QED) is 0.420. The maximum atomic E-state index is 13.5. The van der Waals surface area contributed by atoms with Crippen LogP contribution in [0.15, 0.2) is 82.5 Å². The van der Waals surface area contributed by atoms with Crippen molar-refractivity contribution in [1.29, 1.82) is 0 Å². The Kier molecular flexibility index (Phi) is 6.03. The number of sulfonamides is 1. The number of benzene rings is 2. The zero-order chi connectivity index (χ0) is 23.7. The van der Waals surface area contributed by atoms with Gasteiger partial charge in [-0.3, -0.25) is 4.79 Å². The molecule has 1 aliphatic rings. The molecule has 10 heteroatoms. The highest BCUT2D eigenvalue weighted by atomic mass is 32.2. The average Bonchev–Trinajstić information content (AvgIpc) is 3.56. The van der Waals surface area contributed by atoms with Crippen LogP contribution in [0.1, 0.15) is 10.4 Å². The number of halogens is 1. The lowest BCUT2D eigenvalue weighted by Gasteiger charge is -2.33. The van der Waals surface area contributed by atoms with Crippen molar-refractivity contribution in [3.05, 3.63) is 89.7 Å². The highest BCUT2D eigenvalue weighted by molar-refractivity contribution is 7.91. The molecule has 0 N–H and O–H groups in total.